The van der Waals surface area contributed by atoms with E-state index in [4.69, 9.17) is 4.42 Å². The Hall–Kier alpha value is -1.74. The molecule has 3 heteroatoms. The summed E-state index contributed by atoms with van der Waals surface area (Å²) < 4.78 is 5.49. The minimum absolute atomic E-state index is 0.553. The van der Waals surface area contributed by atoms with Gasteiger partial charge in [-0.2, -0.15) is 0 Å². The van der Waals surface area contributed by atoms with E-state index in [1.807, 2.05) is 6.07 Å². The van der Waals surface area contributed by atoms with Gasteiger partial charge in [0.1, 0.15) is 5.76 Å². The van der Waals surface area contributed by atoms with Crippen molar-refractivity contribution >= 4 is 5.69 Å². The van der Waals surface area contributed by atoms with Crippen LogP contribution < -0.4 is 5.32 Å². The average molecular weight is 270 g/mol. The Labute approximate surface area is 120 Å². The number of fused-ring (bicyclic) bond motifs is 1. The van der Waals surface area contributed by atoms with Crippen LogP contribution in [-0.4, -0.2) is 24.0 Å². The summed E-state index contributed by atoms with van der Waals surface area (Å²) in [5.41, 5.74) is 2.73. The monoisotopic (exact) mass is 270 g/mol. The van der Waals surface area contributed by atoms with Crippen molar-refractivity contribution < 1.29 is 4.42 Å². The van der Waals surface area contributed by atoms with Gasteiger partial charge >= 0.3 is 0 Å². The fourth-order valence-corrected chi connectivity index (χ4v) is 2.98. The molecule has 0 fully saturated rings. The van der Waals surface area contributed by atoms with Crippen LogP contribution in [0.25, 0.3) is 0 Å². The summed E-state index contributed by atoms with van der Waals surface area (Å²) in [6.07, 6.45) is 4.09. The van der Waals surface area contributed by atoms with E-state index >= 15 is 0 Å². The standard InChI is InChI=1S/C17H22N2O/c1-2-19(13-16-7-5-11-20-16)15-10-9-14-6-3-4-8-17(14)18-12-15/h3-8,11,15,18H,2,9-10,12-13H2,1H3. The lowest BCUT2D eigenvalue weighted by Crippen LogP contribution is -2.39. The molecule has 106 valence electrons. The van der Waals surface area contributed by atoms with E-state index in [1.165, 1.54) is 17.7 Å². The fourth-order valence-electron chi connectivity index (χ4n) is 2.98. The van der Waals surface area contributed by atoms with E-state index in [9.17, 15) is 0 Å². The number of benzene rings is 1. The van der Waals surface area contributed by atoms with Crippen LogP contribution in [0.3, 0.4) is 0 Å². The predicted octanol–water partition coefficient (Wildman–Crippen LogP) is 3.53. The lowest BCUT2D eigenvalue weighted by atomic mass is 10.1. The molecule has 1 aliphatic heterocycles. The number of furan rings is 1. The normalized spacial score (nSPS) is 18.4. The van der Waals surface area contributed by atoms with Gasteiger partial charge in [-0.15, -0.1) is 0 Å². The van der Waals surface area contributed by atoms with Crippen molar-refractivity contribution in [1.29, 1.82) is 0 Å². The van der Waals surface area contributed by atoms with Crippen LogP contribution in [0.15, 0.2) is 47.1 Å². The second-order valence-corrected chi connectivity index (χ2v) is 5.37. The lowest BCUT2D eigenvalue weighted by molar-refractivity contribution is 0.183. The van der Waals surface area contributed by atoms with Gasteiger partial charge in [-0.1, -0.05) is 25.1 Å². The molecule has 0 bridgehead atoms. The van der Waals surface area contributed by atoms with Gasteiger partial charge in [-0.25, -0.2) is 0 Å². The summed E-state index contributed by atoms with van der Waals surface area (Å²) in [7, 11) is 0. The van der Waals surface area contributed by atoms with Gasteiger partial charge in [0.05, 0.1) is 12.8 Å². The number of hydrogen-bond acceptors (Lipinski definition) is 3. The number of para-hydroxylation sites is 1. The molecule has 0 amide bonds. The molecule has 0 spiro atoms. The van der Waals surface area contributed by atoms with Crippen LogP contribution in [0.2, 0.25) is 0 Å². The van der Waals surface area contributed by atoms with Crippen LogP contribution in [0.1, 0.15) is 24.7 Å². The highest BCUT2D eigenvalue weighted by Crippen LogP contribution is 2.23. The van der Waals surface area contributed by atoms with Gasteiger partial charge in [-0.3, -0.25) is 4.90 Å². The number of aryl methyl sites for hydroxylation is 1. The molecule has 1 unspecified atom stereocenters. The first-order valence-electron chi connectivity index (χ1n) is 7.45. The predicted molar refractivity (Wildman–Crippen MR) is 81.8 cm³/mol. The number of nitrogens with zero attached hydrogens (tertiary/aromatic N) is 1. The third-order valence-electron chi connectivity index (χ3n) is 4.15. The summed E-state index contributed by atoms with van der Waals surface area (Å²) in [6.45, 7) is 5.17. The molecular formula is C17H22N2O. The number of likely N-dealkylation sites (N-methyl/N-ethyl adjacent to an activating group) is 1. The fraction of sp³-hybridized carbons (Fsp3) is 0.412. The molecule has 0 radical (unpaired) electrons. The van der Waals surface area contributed by atoms with E-state index in [-0.39, 0.29) is 0 Å². The Morgan fingerprint density at radius 2 is 2.15 bits per heavy atom. The molecule has 1 aromatic carbocycles. The van der Waals surface area contributed by atoms with E-state index in [0.29, 0.717) is 6.04 Å². The third kappa shape index (κ3) is 2.88. The molecule has 1 aliphatic rings. The lowest BCUT2D eigenvalue weighted by Gasteiger charge is -2.29. The van der Waals surface area contributed by atoms with Crippen molar-refractivity contribution in [1.82, 2.24) is 4.90 Å². The first-order chi connectivity index (χ1) is 9.86. The van der Waals surface area contributed by atoms with E-state index in [2.05, 4.69) is 47.5 Å². The van der Waals surface area contributed by atoms with Gasteiger partial charge in [0.15, 0.2) is 0 Å². The molecule has 0 saturated heterocycles. The zero-order valence-electron chi connectivity index (χ0n) is 12.0. The summed E-state index contributed by atoms with van der Waals surface area (Å²) in [6, 6.07) is 13.2. The van der Waals surface area contributed by atoms with Gasteiger partial charge in [0.25, 0.3) is 0 Å². The Morgan fingerprint density at radius 3 is 2.95 bits per heavy atom. The minimum Gasteiger partial charge on any atom is -0.468 e. The second kappa shape index (κ2) is 6.14. The van der Waals surface area contributed by atoms with E-state index in [0.717, 1.165) is 31.8 Å². The molecular weight excluding hydrogens is 248 g/mol. The minimum atomic E-state index is 0.553. The zero-order valence-corrected chi connectivity index (χ0v) is 12.0. The Kier molecular flexibility index (Phi) is 4.07. The first kappa shape index (κ1) is 13.3. The Morgan fingerprint density at radius 1 is 1.25 bits per heavy atom. The van der Waals surface area contributed by atoms with Gasteiger partial charge in [-0.05, 0) is 43.1 Å². The molecule has 2 heterocycles. The summed E-state index contributed by atoms with van der Waals surface area (Å²) in [5.74, 6) is 1.05. The Bertz CT molecular complexity index is 509. The van der Waals surface area contributed by atoms with Crippen LogP contribution in [0.5, 0.6) is 0 Å². The largest absolute Gasteiger partial charge is 0.468 e. The summed E-state index contributed by atoms with van der Waals surface area (Å²) >= 11 is 0. The Balaban J connectivity index is 1.68. The summed E-state index contributed by atoms with van der Waals surface area (Å²) in [4.78, 5) is 2.50. The van der Waals surface area contributed by atoms with Crippen molar-refractivity contribution in [2.24, 2.45) is 0 Å². The number of nitrogens with one attached hydrogen (secondary N) is 1. The molecule has 0 aliphatic carbocycles. The maximum Gasteiger partial charge on any atom is 0.117 e. The molecule has 1 atom stereocenters. The number of anilines is 1. The molecule has 0 saturated carbocycles. The first-order valence-corrected chi connectivity index (χ1v) is 7.45. The molecule has 1 aromatic heterocycles. The third-order valence-corrected chi connectivity index (χ3v) is 4.15. The zero-order chi connectivity index (χ0) is 13.8. The molecule has 3 rings (SSSR count). The van der Waals surface area contributed by atoms with Crippen LogP contribution in [-0.2, 0) is 13.0 Å². The molecule has 20 heavy (non-hydrogen) atoms. The van der Waals surface area contributed by atoms with Crippen LogP contribution >= 0.6 is 0 Å². The highest BCUT2D eigenvalue weighted by atomic mass is 16.3. The molecule has 3 nitrogen and oxygen atoms in total. The average Bonchev–Trinajstić information content (AvgIpc) is 2.90. The van der Waals surface area contributed by atoms with Crippen LogP contribution in [0, 0.1) is 0 Å². The smallest absolute Gasteiger partial charge is 0.117 e. The van der Waals surface area contributed by atoms with Crippen molar-refractivity contribution in [3.8, 4) is 0 Å². The highest BCUT2D eigenvalue weighted by molar-refractivity contribution is 5.52. The maximum absolute atomic E-state index is 5.49. The van der Waals surface area contributed by atoms with Crippen molar-refractivity contribution in [2.45, 2.75) is 32.4 Å². The second-order valence-electron chi connectivity index (χ2n) is 5.37. The maximum atomic E-state index is 5.49. The highest BCUT2D eigenvalue weighted by Gasteiger charge is 2.21. The molecule has 1 N–H and O–H groups in total. The van der Waals surface area contributed by atoms with Crippen molar-refractivity contribution in [3.05, 3.63) is 54.0 Å². The van der Waals surface area contributed by atoms with Gasteiger partial charge in [0, 0.05) is 18.3 Å². The van der Waals surface area contributed by atoms with Gasteiger partial charge < -0.3 is 9.73 Å². The van der Waals surface area contributed by atoms with Crippen LogP contribution in [0.4, 0.5) is 5.69 Å². The van der Waals surface area contributed by atoms with Gasteiger partial charge in [0.2, 0.25) is 0 Å². The number of rotatable bonds is 4. The topological polar surface area (TPSA) is 28.4 Å². The SMILES string of the molecule is CCN(Cc1ccco1)C1CCc2ccccc2NC1. The van der Waals surface area contributed by atoms with Crippen molar-refractivity contribution in [2.75, 3.05) is 18.4 Å². The molecule has 2 aromatic rings. The van der Waals surface area contributed by atoms with Crippen molar-refractivity contribution in [3.63, 3.8) is 0 Å². The van der Waals surface area contributed by atoms with E-state index in [1.54, 1.807) is 6.26 Å². The quantitative estimate of drug-likeness (QED) is 0.921. The van der Waals surface area contributed by atoms with E-state index < -0.39 is 0 Å². The number of hydrogen-bond donors (Lipinski definition) is 1. The summed E-state index contributed by atoms with van der Waals surface area (Å²) in [5, 5.41) is 3.60.